The summed E-state index contributed by atoms with van der Waals surface area (Å²) in [4.78, 5) is 11.8. The van der Waals surface area contributed by atoms with Crippen LogP contribution in [-0.2, 0) is 4.74 Å². The second-order valence-corrected chi connectivity index (χ2v) is 6.13. The molecule has 6 heteroatoms. The van der Waals surface area contributed by atoms with Gasteiger partial charge in [0, 0.05) is 16.6 Å². The quantitative estimate of drug-likeness (QED) is 0.834. The maximum Gasteiger partial charge on any atom is 0.412 e. The molecule has 21 heavy (non-hydrogen) atoms. The number of benzene rings is 1. The Morgan fingerprint density at radius 2 is 1.67 bits per heavy atom. The summed E-state index contributed by atoms with van der Waals surface area (Å²) in [6, 6.07) is 3.48. The molecule has 1 rings (SSSR count). The lowest BCUT2D eigenvalue weighted by Crippen LogP contribution is -2.27. The molecule has 118 valence electrons. The zero-order chi connectivity index (χ0) is 16.0. The average molecular weight is 360 g/mol. The van der Waals surface area contributed by atoms with Crippen LogP contribution in [-0.4, -0.2) is 24.9 Å². The summed E-state index contributed by atoms with van der Waals surface area (Å²) in [5, 5.41) is 2.69. The van der Waals surface area contributed by atoms with Crippen LogP contribution in [0.15, 0.2) is 16.6 Å². The van der Waals surface area contributed by atoms with E-state index in [0.717, 1.165) is 0 Å². The molecule has 0 spiro atoms. The predicted molar refractivity (Wildman–Crippen MR) is 86.3 cm³/mol. The molecule has 5 nitrogen and oxygen atoms in total. The third-order valence-corrected chi connectivity index (χ3v) is 2.92. The van der Waals surface area contributed by atoms with Crippen molar-refractivity contribution in [1.29, 1.82) is 0 Å². The van der Waals surface area contributed by atoms with Gasteiger partial charge in [-0.3, -0.25) is 5.32 Å². The first-order chi connectivity index (χ1) is 9.76. The molecule has 1 aromatic carbocycles. The molecule has 0 heterocycles. The number of ether oxygens (including phenoxy) is 3. The standard InChI is InChI=1S/C15H22BrNO4/c1-6-19-12-8-10(16)11(9-13(12)20-7-2)17-14(18)21-15(3,4)5/h8-9H,6-7H2,1-5H3,(H,17,18). The first-order valence-electron chi connectivity index (χ1n) is 6.86. The zero-order valence-electron chi connectivity index (χ0n) is 13.1. The molecule has 0 aliphatic rings. The second kappa shape index (κ2) is 7.54. The normalized spacial score (nSPS) is 11.0. The molecule has 0 unspecified atom stereocenters. The summed E-state index contributed by atoms with van der Waals surface area (Å²) < 4.78 is 17.0. The fraction of sp³-hybridized carbons (Fsp3) is 0.533. The minimum Gasteiger partial charge on any atom is -0.490 e. The summed E-state index contributed by atoms with van der Waals surface area (Å²) in [5.41, 5.74) is 0.0149. The smallest absolute Gasteiger partial charge is 0.412 e. The van der Waals surface area contributed by atoms with Gasteiger partial charge in [-0.1, -0.05) is 0 Å². The Hall–Kier alpha value is -1.43. The van der Waals surface area contributed by atoms with E-state index in [2.05, 4.69) is 21.2 Å². The van der Waals surface area contributed by atoms with Crippen molar-refractivity contribution in [2.45, 2.75) is 40.2 Å². The van der Waals surface area contributed by atoms with Gasteiger partial charge in [0.1, 0.15) is 5.60 Å². The monoisotopic (exact) mass is 359 g/mol. The molecule has 1 amide bonds. The van der Waals surface area contributed by atoms with Gasteiger partial charge in [-0.15, -0.1) is 0 Å². The Kier molecular flexibility index (Phi) is 6.33. The van der Waals surface area contributed by atoms with E-state index in [-0.39, 0.29) is 0 Å². The van der Waals surface area contributed by atoms with Crippen molar-refractivity contribution in [1.82, 2.24) is 0 Å². The number of hydrogen-bond acceptors (Lipinski definition) is 4. The molecule has 0 aromatic heterocycles. The molecule has 0 bridgehead atoms. The van der Waals surface area contributed by atoms with Crippen LogP contribution in [0.2, 0.25) is 0 Å². The predicted octanol–water partition coefficient (Wildman–Crippen LogP) is 4.59. The molecule has 0 saturated heterocycles. The molecule has 0 aliphatic carbocycles. The van der Waals surface area contributed by atoms with E-state index in [9.17, 15) is 4.79 Å². The number of halogens is 1. The van der Waals surface area contributed by atoms with E-state index in [0.29, 0.717) is 34.9 Å². The highest BCUT2D eigenvalue weighted by Crippen LogP contribution is 2.36. The van der Waals surface area contributed by atoms with Crippen LogP contribution in [0.5, 0.6) is 11.5 Å². The Bertz CT molecular complexity index is 497. The molecule has 0 saturated carbocycles. The van der Waals surface area contributed by atoms with Gasteiger partial charge in [-0.2, -0.15) is 0 Å². The van der Waals surface area contributed by atoms with Gasteiger partial charge in [0.15, 0.2) is 11.5 Å². The number of carbonyl (C=O) groups is 1. The highest BCUT2D eigenvalue weighted by atomic mass is 79.9. The minimum atomic E-state index is -0.551. The fourth-order valence-corrected chi connectivity index (χ4v) is 2.00. The van der Waals surface area contributed by atoms with E-state index >= 15 is 0 Å². The summed E-state index contributed by atoms with van der Waals surface area (Å²) >= 11 is 3.40. The number of hydrogen-bond donors (Lipinski definition) is 1. The summed E-state index contributed by atoms with van der Waals surface area (Å²) in [7, 11) is 0. The van der Waals surface area contributed by atoms with Crippen molar-refractivity contribution in [3.63, 3.8) is 0 Å². The fourth-order valence-electron chi connectivity index (χ4n) is 1.58. The van der Waals surface area contributed by atoms with Gasteiger partial charge >= 0.3 is 6.09 Å². The van der Waals surface area contributed by atoms with Gasteiger partial charge in [0.2, 0.25) is 0 Å². The number of amides is 1. The topological polar surface area (TPSA) is 56.8 Å². The maximum atomic E-state index is 11.8. The van der Waals surface area contributed by atoms with Crippen LogP contribution in [0, 0.1) is 0 Å². The lowest BCUT2D eigenvalue weighted by atomic mass is 10.2. The van der Waals surface area contributed by atoms with Crippen molar-refractivity contribution in [3.05, 3.63) is 16.6 Å². The van der Waals surface area contributed by atoms with Gasteiger partial charge in [0.25, 0.3) is 0 Å². The summed E-state index contributed by atoms with van der Waals surface area (Å²) in [6.45, 7) is 10.3. The number of carbonyl (C=O) groups excluding carboxylic acids is 1. The van der Waals surface area contributed by atoms with E-state index in [1.165, 1.54) is 0 Å². The average Bonchev–Trinajstić information content (AvgIpc) is 2.33. The van der Waals surface area contributed by atoms with Gasteiger partial charge in [-0.25, -0.2) is 4.79 Å². The maximum absolute atomic E-state index is 11.8. The van der Waals surface area contributed by atoms with Gasteiger partial charge < -0.3 is 14.2 Å². The van der Waals surface area contributed by atoms with Gasteiger partial charge in [0.05, 0.1) is 18.9 Å². The van der Waals surface area contributed by atoms with Crippen LogP contribution < -0.4 is 14.8 Å². The Labute approximate surface area is 134 Å². The molecule has 1 N–H and O–H groups in total. The van der Waals surface area contributed by atoms with E-state index in [1.807, 2.05) is 34.6 Å². The van der Waals surface area contributed by atoms with Crippen LogP contribution in [0.4, 0.5) is 10.5 Å². The van der Waals surface area contributed by atoms with Crippen molar-refractivity contribution in [3.8, 4) is 11.5 Å². The van der Waals surface area contributed by atoms with Crippen LogP contribution in [0.1, 0.15) is 34.6 Å². The largest absolute Gasteiger partial charge is 0.490 e. The van der Waals surface area contributed by atoms with Gasteiger partial charge in [-0.05, 0) is 50.5 Å². The van der Waals surface area contributed by atoms with E-state index in [1.54, 1.807) is 12.1 Å². The van der Waals surface area contributed by atoms with E-state index in [4.69, 9.17) is 14.2 Å². The number of nitrogens with one attached hydrogen (secondary N) is 1. The van der Waals surface area contributed by atoms with Crippen LogP contribution in [0.3, 0.4) is 0 Å². The molecule has 1 aromatic rings. The summed E-state index contributed by atoms with van der Waals surface area (Å²) in [6.07, 6.45) is -0.519. The molecule has 0 aliphatic heterocycles. The van der Waals surface area contributed by atoms with Crippen LogP contribution >= 0.6 is 15.9 Å². The molecular weight excluding hydrogens is 338 g/mol. The second-order valence-electron chi connectivity index (χ2n) is 5.27. The van der Waals surface area contributed by atoms with Crippen molar-refractivity contribution >= 4 is 27.7 Å². The highest BCUT2D eigenvalue weighted by molar-refractivity contribution is 9.10. The first kappa shape index (κ1) is 17.6. The summed E-state index contributed by atoms with van der Waals surface area (Å²) in [5.74, 6) is 1.20. The number of rotatable bonds is 5. The van der Waals surface area contributed by atoms with Crippen molar-refractivity contribution in [2.75, 3.05) is 18.5 Å². The minimum absolute atomic E-state index is 0.508. The lowest BCUT2D eigenvalue weighted by Gasteiger charge is -2.20. The molecule has 0 atom stereocenters. The third-order valence-electron chi connectivity index (χ3n) is 2.27. The Morgan fingerprint density at radius 1 is 1.14 bits per heavy atom. The molecular formula is C15H22BrNO4. The van der Waals surface area contributed by atoms with Crippen molar-refractivity contribution < 1.29 is 19.0 Å². The first-order valence-corrected chi connectivity index (χ1v) is 7.65. The molecule has 0 fully saturated rings. The third kappa shape index (κ3) is 5.83. The Balaban J connectivity index is 2.97. The lowest BCUT2D eigenvalue weighted by molar-refractivity contribution is 0.0636. The molecule has 0 radical (unpaired) electrons. The Morgan fingerprint density at radius 3 is 2.14 bits per heavy atom. The zero-order valence-corrected chi connectivity index (χ0v) is 14.7. The highest BCUT2D eigenvalue weighted by Gasteiger charge is 2.18. The van der Waals surface area contributed by atoms with E-state index < -0.39 is 11.7 Å². The SMILES string of the molecule is CCOc1cc(Br)c(NC(=O)OC(C)(C)C)cc1OCC. The van der Waals surface area contributed by atoms with Crippen LogP contribution in [0.25, 0.3) is 0 Å². The van der Waals surface area contributed by atoms with Crippen molar-refractivity contribution in [2.24, 2.45) is 0 Å². The number of anilines is 1.